The van der Waals surface area contributed by atoms with Crippen LogP contribution in [0, 0.1) is 5.92 Å². The van der Waals surface area contributed by atoms with Gasteiger partial charge < -0.3 is 14.7 Å². The van der Waals surface area contributed by atoms with Crippen molar-refractivity contribution in [1.82, 2.24) is 9.80 Å². The number of ether oxygens (including phenoxy) is 1. The minimum atomic E-state index is -0.209. The average Bonchev–Trinajstić information content (AvgIpc) is 2.63. The highest BCUT2D eigenvalue weighted by Crippen LogP contribution is 2.25. The molecule has 2 fully saturated rings. The van der Waals surface area contributed by atoms with Crippen molar-refractivity contribution in [2.24, 2.45) is 5.92 Å². The first kappa shape index (κ1) is 17.2. The second-order valence-electron chi connectivity index (χ2n) is 7.00. The Labute approximate surface area is 144 Å². The van der Waals surface area contributed by atoms with Crippen molar-refractivity contribution >= 4 is 6.09 Å². The van der Waals surface area contributed by atoms with E-state index in [0.717, 1.165) is 64.0 Å². The summed E-state index contributed by atoms with van der Waals surface area (Å²) in [6.45, 7) is 4.74. The Morgan fingerprint density at radius 2 is 1.71 bits per heavy atom. The van der Waals surface area contributed by atoms with Gasteiger partial charge in [-0.15, -0.1) is 0 Å². The van der Waals surface area contributed by atoms with Crippen LogP contribution in [0.25, 0.3) is 0 Å². The molecule has 0 spiro atoms. The number of carbonyl (C=O) groups is 1. The van der Waals surface area contributed by atoms with Crippen molar-refractivity contribution in [3.63, 3.8) is 0 Å². The molecule has 24 heavy (non-hydrogen) atoms. The Bertz CT molecular complexity index is 507. The van der Waals surface area contributed by atoms with E-state index in [0.29, 0.717) is 12.5 Å². The van der Waals surface area contributed by atoms with E-state index in [1.54, 1.807) is 0 Å². The van der Waals surface area contributed by atoms with Crippen molar-refractivity contribution in [2.45, 2.75) is 38.4 Å². The molecule has 1 aliphatic carbocycles. The summed E-state index contributed by atoms with van der Waals surface area (Å²) >= 11 is 0. The van der Waals surface area contributed by atoms with Gasteiger partial charge in [-0.05, 0) is 37.2 Å². The highest BCUT2D eigenvalue weighted by Gasteiger charge is 2.26. The summed E-state index contributed by atoms with van der Waals surface area (Å²) in [5.41, 5.74) is 1.02. The molecule has 0 radical (unpaired) electrons. The normalized spacial score (nSPS) is 25.5. The number of piperazine rings is 1. The summed E-state index contributed by atoms with van der Waals surface area (Å²) in [5, 5.41) is 9.59. The van der Waals surface area contributed by atoms with Crippen LogP contribution in [-0.2, 0) is 11.3 Å². The van der Waals surface area contributed by atoms with E-state index in [9.17, 15) is 9.90 Å². The fraction of sp³-hybridized carbons (Fsp3) is 0.632. The van der Waals surface area contributed by atoms with Crippen LogP contribution in [0.15, 0.2) is 30.3 Å². The lowest BCUT2D eigenvalue weighted by molar-refractivity contribution is 0.0575. The van der Waals surface area contributed by atoms with Crippen molar-refractivity contribution in [3.8, 4) is 0 Å². The summed E-state index contributed by atoms with van der Waals surface area (Å²) in [4.78, 5) is 16.4. The Kier molecular flexibility index (Phi) is 6.10. The van der Waals surface area contributed by atoms with E-state index >= 15 is 0 Å². The van der Waals surface area contributed by atoms with Gasteiger partial charge >= 0.3 is 6.09 Å². The lowest BCUT2D eigenvalue weighted by Crippen LogP contribution is -2.50. The Morgan fingerprint density at radius 1 is 1.04 bits per heavy atom. The number of nitrogens with zero attached hydrogens (tertiary/aromatic N) is 2. The molecule has 1 saturated heterocycles. The standard InChI is InChI=1S/C19H28N2O3/c22-18-8-6-16(7-9-18)14-20-10-12-21(13-11-20)19(23)24-15-17-4-2-1-3-5-17/h1-5,16,18,22H,6-15H2. The van der Waals surface area contributed by atoms with E-state index in [2.05, 4.69) is 4.90 Å². The molecule has 0 aromatic heterocycles. The first-order chi connectivity index (χ1) is 11.7. The zero-order valence-electron chi connectivity index (χ0n) is 14.3. The van der Waals surface area contributed by atoms with Crippen LogP contribution in [0.4, 0.5) is 4.79 Å². The van der Waals surface area contributed by atoms with Gasteiger partial charge in [0.25, 0.3) is 0 Å². The summed E-state index contributed by atoms with van der Waals surface area (Å²) < 4.78 is 5.41. The quantitative estimate of drug-likeness (QED) is 0.920. The summed E-state index contributed by atoms with van der Waals surface area (Å²) in [7, 11) is 0. The molecule has 2 aliphatic rings. The number of hydrogen-bond acceptors (Lipinski definition) is 4. The molecule has 1 saturated carbocycles. The van der Waals surface area contributed by atoms with Gasteiger partial charge in [0.15, 0.2) is 0 Å². The Balaban J connectivity index is 1.36. The number of aliphatic hydroxyl groups excluding tert-OH is 1. The highest BCUT2D eigenvalue weighted by molar-refractivity contribution is 5.67. The fourth-order valence-electron chi connectivity index (χ4n) is 3.62. The van der Waals surface area contributed by atoms with Crippen molar-refractivity contribution in [1.29, 1.82) is 0 Å². The van der Waals surface area contributed by atoms with Gasteiger partial charge in [-0.2, -0.15) is 0 Å². The number of hydrogen-bond donors (Lipinski definition) is 1. The van der Waals surface area contributed by atoms with Crippen molar-refractivity contribution in [2.75, 3.05) is 32.7 Å². The average molecular weight is 332 g/mol. The van der Waals surface area contributed by atoms with E-state index in [-0.39, 0.29) is 12.2 Å². The second-order valence-corrected chi connectivity index (χ2v) is 7.00. The van der Waals surface area contributed by atoms with Crippen LogP contribution < -0.4 is 0 Å². The smallest absolute Gasteiger partial charge is 0.410 e. The van der Waals surface area contributed by atoms with E-state index in [1.807, 2.05) is 35.2 Å². The van der Waals surface area contributed by atoms with Crippen LogP contribution in [0.2, 0.25) is 0 Å². The Morgan fingerprint density at radius 3 is 2.38 bits per heavy atom. The van der Waals surface area contributed by atoms with Gasteiger partial charge in [0.1, 0.15) is 6.61 Å². The van der Waals surface area contributed by atoms with Gasteiger partial charge in [-0.3, -0.25) is 4.90 Å². The van der Waals surface area contributed by atoms with Gasteiger partial charge in [0.05, 0.1) is 6.10 Å². The van der Waals surface area contributed by atoms with Crippen LogP contribution in [0.5, 0.6) is 0 Å². The van der Waals surface area contributed by atoms with Gasteiger partial charge in [-0.1, -0.05) is 30.3 Å². The van der Waals surface area contributed by atoms with E-state index in [4.69, 9.17) is 4.74 Å². The lowest BCUT2D eigenvalue weighted by Gasteiger charge is -2.37. The molecule has 1 N–H and O–H groups in total. The van der Waals surface area contributed by atoms with Crippen LogP contribution in [-0.4, -0.2) is 59.8 Å². The van der Waals surface area contributed by atoms with Gasteiger partial charge in [0, 0.05) is 32.7 Å². The molecule has 5 heteroatoms. The molecule has 3 rings (SSSR count). The van der Waals surface area contributed by atoms with Gasteiger partial charge in [-0.25, -0.2) is 4.79 Å². The number of rotatable bonds is 4. The van der Waals surface area contributed by atoms with E-state index in [1.165, 1.54) is 0 Å². The zero-order chi connectivity index (χ0) is 16.8. The SMILES string of the molecule is O=C(OCc1ccccc1)N1CCN(CC2CCC(O)CC2)CC1. The molecular weight excluding hydrogens is 304 g/mol. The molecule has 1 heterocycles. The number of benzene rings is 1. The maximum atomic E-state index is 12.2. The molecule has 0 atom stereocenters. The number of aliphatic hydroxyl groups is 1. The van der Waals surface area contributed by atoms with Crippen LogP contribution >= 0.6 is 0 Å². The molecule has 1 aromatic carbocycles. The minimum absolute atomic E-state index is 0.0857. The fourth-order valence-corrected chi connectivity index (χ4v) is 3.62. The third kappa shape index (κ3) is 4.95. The topological polar surface area (TPSA) is 53.0 Å². The molecule has 1 aliphatic heterocycles. The Hall–Kier alpha value is -1.59. The molecule has 0 unspecified atom stereocenters. The monoisotopic (exact) mass is 332 g/mol. The van der Waals surface area contributed by atoms with E-state index < -0.39 is 0 Å². The van der Waals surface area contributed by atoms with Gasteiger partial charge in [0.2, 0.25) is 0 Å². The predicted octanol–water partition coefficient (Wildman–Crippen LogP) is 2.49. The predicted molar refractivity (Wildman–Crippen MR) is 92.6 cm³/mol. The first-order valence-electron chi connectivity index (χ1n) is 9.07. The molecule has 1 amide bonds. The number of carbonyl (C=O) groups excluding carboxylic acids is 1. The molecule has 132 valence electrons. The minimum Gasteiger partial charge on any atom is -0.445 e. The van der Waals surface area contributed by atoms with Crippen molar-refractivity contribution < 1.29 is 14.6 Å². The van der Waals surface area contributed by atoms with Crippen molar-refractivity contribution in [3.05, 3.63) is 35.9 Å². The second kappa shape index (κ2) is 8.49. The molecule has 0 bridgehead atoms. The summed E-state index contributed by atoms with van der Waals surface area (Å²) in [6.07, 6.45) is 3.84. The third-order valence-corrected chi connectivity index (χ3v) is 5.17. The molecular formula is C19H28N2O3. The largest absolute Gasteiger partial charge is 0.445 e. The maximum Gasteiger partial charge on any atom is 0.410 e. The zero-order valence-corrected chi connectivity index (χ0v) is 14.3. The first-order valence-corrected chi connectivity index (χ1v) is 9.07. The maximum absolute atomic E-state index is 12.2. The van der Waals surface area contributed by atoms with Crippen LogP contribution in [0.3, 0.4) is 0 Å². The lowest BCUT2D eigenvalue weighted by atomic mass is 9.87. The summed E-state index contributed by atoms with van der Waals surface area (Å²) in [6, 6.07) is 9.79. The highest BCUT2D eigenvalue weighted by atomic mass is 16.6. The number of amides is 1. The summed E-state index contributed by atoms with van der Waals surface area (Å²) in [5.74, 6) is 0.699. The third-order valence-electron chi connectivity index (χ3n) is 5.17. The molecule has 5 nitrogen and oxygen atoms in total. The molecule has 1 aromatic rings. The van der Waals surface area contributed by atoms with Crippen LogP contribution in [0.1, 0.15) is 31.2 Å².